The summed E-state index contributed by atoms with van der Waals surface area (Å²) in [5.41, 5.74) is 2.91. The Morgan fingerprint density at radius 2 is 1.86 bits per heavy atom. The van der Waals surface area contributed by atoms with Crippen LogP contribution in [0.4, 0.5) is 0 Å². The van der Waals surface area contributed by atoms with Gasteiger partial charge < -0.3 is 15.4 Å². The van der Waals surface area contributed by atoms with E-state index in [-0.39, 0.29) is 11.9 Å². The first-order valence-corrected chi connectivity index (χ1v) is 11.6. The fraction of sp³-hybridized carbons (Fsp3) is 0.708. The fourth-order valence-electron chi connectivity index (χ4n) is 5.56. The van der Waals surface area contributed by atoms with E-state index in [4.69, 9.17) is 4.74 Å². The van der Waals surface area contributed by atoms with Crippen LogP contribution in [0.5, 0.6) is 0 Å². The smallest absolute Gasteiger partial charge is 0.237 e. The van der Waals surface area contributed by atoms with Crippen LogP contribution in [-0.4, -0.2) is 62.3 Å². The molecule has 0 radical (unpaired) electrons. The minimum atomic E-state index is -0.0324. The van der Waals surface area contributed by atoms with Crippen LogP contribution in [0.2, 0.25) is 0 Å². The molecule has 0 unspecified atom stereocenters. The molecular formula is C24H37N3O2. The van der Waals surface area contributed by atoms with Gasteiger partial charge in [0.2, 0.25) is 5.91 Å². The van der Waals surface area contributed by atoms with Crippen LogP contribution in [0.25, 0.3) is 0 Å². The number of carbonyl (C=O) groups excluding carboxylic acids is 1. The molecule has 2 N–H and O–H groups in total. The summed E-state index contributed by atoms with van der Waals surface area (Å²) >= 11 is 0. The second kappa shape index (κ2) is 10.1. The maximum Gasteiger partial charge on any atom is 0.237 e. The van der Waals surface area contributed by atoms with Gasteiger partial charge in [-0.3, -0.25) is 9.69 Å². The second-order valence-corrected chi connectivity index (χ2v) is 9.17. The Hall–Kier alpha value is -1.43. The highest BCUT2D eigenvalue weighted by molar-refractivity contribution is 5.82. The summed E-state index contributed by atoms with van der Waals surface area (Å²) in [5, 5.41) is 6.92. The quantitative estimate of drug-likeness (QED) is 0.660. The van der Waals surface area contributed by atoms with E-state index in [0.717, 1.165) is 38.3 Å². The minimum Gasteiger partial charge on any atom is -0.383 e. The standard InChI is InChI=1S/C24H37N3O2/c1-29-12-11-25-24(28)23-15-21(26-16-18-7-3-2-4-8-18)17-27(23)22-13-19-9-5-6-10-20(19)14-22/h5-6,9-10,18,21-23,26H,2-4,7-8,11-17H2,1H3,(H,25,28)/t21-,23+/m1/s1. The molecule has 2 aliphatic carbocycles. The number of benzene rings is 1. The van der Waals surface area contributed by atoms with Crippen LogP contribution in [0.3, 0.4) is 0 Å². The molecule has 4 rings (SSSR count). The average Bonchev–Trinajstić information content (AvgIpc) is 3.37. The van der Waals surface area contributed by atoms with E-state index in [0.29, 0.717) is 25.2 Å². The van der Waals surface area contributed by atoms with Crippen molar-refractivity contribution in [3.05, 3.63) is 35.4 Å². The van der Waals surface area contributed by atoms with E-state index in [2.05, 4.69) is 39.8 Å². The van der Waals surface area contributed by atoms with Gasteiger partial charge >= 0.3 is 0 Å². The zero-order chi connectivity index (χ0) is 20.1. The molecule has 1 aromatic carbocycles. The molecule has 0 aromatic heterocycles. The van der Waals surface area contributed by atoms with E-state index in [1.165, 1.54) is 43.2 Å². The summed E-state index contributed by atoms with van der Waals surface area (Å²) in [6, 6.07) is 9.58. The highest BCUT2D eigenvalue weighted by atomic mass is 16.5. The molecule has 3 aliphatic rings. The molecule has 0 bridgehead atoms. The molecule has 2 fully saturated rings. The van der Waals surface area contributed by atoms with Gasteiger partial charge in [0.1, 0.15) is 0 Å². The van der Waals surface area contributed by atoms with Crippen molar-refractivity contribution in [2.45, 2.75) is 69.5 Å². The maximum atomic E-state index is 13.0. The van der Waals surface area contributed by atoms with Gasteiger partial charge in [-0.2, -0.15) is 0 Å². The van der Waals surface area contributed by atoms with Gasteiger partial charge in [0, 0.05) is 32.3 Å². The topological polar surface area (TPSA) is 53.6 Å². The van der Waals surface area contributed by atoms with Crippen LogP contribution >= 0.6 is 0 Å². The first-order valence-electron chi connectivity index (χ1n) is 11.6. The van der Waals surface area contributed by atoms with Crippen LogP contribution in [-0.2, 0) is 22.4 Å². The monoisotopic (exact) mass is 399 g/mol. The van der Waals surface area contributed by atoms with Crippen molar-refractivity contribution in [1.29, 1.82) is 0 Å². The normalized spacial score (nSPS) is 26.0. The largest absolute Gasteiger partial charge is 0.383 e. The number of fused-ring (bicyclic) bond motifs is 1. The van der Waals surface area contributed by atoms with Crippen molar-refractivity contribution in [1.82, 2.24) is 15.5 Å². The number of hydrogen-bond acceptors (Lipinski definition) is 4. The van der Waals surface area contributed by atoms with Gasteiger partial charge in [-0.1, -0.05) is 43.5 Å². The molecule has 1 saturated carbocycles. The lowest BCUT2D eigenvalue weighted by Gasteiger charge is -2.29. The molecule has 1 aromatic rings. The van der Waals surface area contributed by atoms with Crippen molar-refractivity contribution < 1.29 is 9.53 Å². The van der Waals surface area contributed by atoms with E-state index < -0.39 is 0 Å². The highest BCUT2D eigenvalue weighted by Gasteiger charge is 2.41. The molecule has 5 heteroatoms. The summed E-state index contributed by atoms with van der Waals surface area (Å²) < 4.78 is 5.11. The Bertz CT molecular complexity index is 649. The summed E-state index contributed by atoms with van der Waals surface area (Å²) in [7, 11) is 1.68. The second-order valence-electron chi connectivity index (χ2n) is 9.17. The number of hydrogen-bond donors (Lipinski definition) is 2. The highest BCUT2D eigenvalue weighted by Crippen LogP contribution is 2.31. The lowest BCUT2D eigenvalue weighted by atomic mass is 9.89. The van der Waals surface area contributed by atoms with Crippen LogP contribution in [0.15, 0.2) is 24.3 Å². The lowest BCUT2D eigenvalue weighted by molar-refractivity contribution is -0.126. The van der Waals surface area contributed by atoms with Crippen LogP contribution < -0.4 is 10.6 Å². The van der Waals surface area contributed by atoms with Gasteiger partial charge in [-0.25, -0.2) is 0 Å². The van der Waals surface area contributed by atoms with Gasteiger partial charge in [-0.05, 0) is 55.7 Å². The molecule has 0 spiro atoms. The van der Waals surface area contributed by atoms with Crippen molar-refractivity contribution >= 4 is 5.91 Å². The zero-order valence-corrected chi connectivity index (χ0v) is 17.9. The van der Waals surface area contributed by atoms with E-state index in [1.54, 1.807) is 7.11 Å². The number of carbonyl (C=O) groups is 1. The van der Waals surface area contributed by atoms with Crippen LogP contribution in [0, 0.1) is 5.92 Å². The molecule has 1 amide bonds. The van der Waals surface area contributed by atoms with E-state index in [9.17, 15) is 4.79 Å². The first-order chi connectivity index (χ1) is 14.2. The summed E-state index contributed by atoms with van der Waals surface area (Å²) in [6.07, 6.45) is 9.94. The predicted octanol–water partition coefficient (Wildman–Crippen LogP) is 2.53. The Labute approximate surface area is 175 Å². The van der Waals surface area contributed by atoms with Gasteiger partial charge in [0.15, 0.2) is 0 Å². The molecule has 2 atom stereocenters. The Morgan fingerprint density at radius 1 is 1.14 bits per heavy atom. The van der Waals surface area contributed by atoms with Crippen molar-refractivity contribution in [3.8, 4) is 0 Å². The molecular weight excluding hydrogens is 362 g/mol. The van der Waals surface area contributed by atoms with Gasteiger partial charge in [0.05, 0.1) is 12.6 Å². The van der Waals surface area contributed by atoms with Gasteiger partial charge in [0.25, 0.3) is 0 Å². The number of nitrogens with one attached hydrogen (secondary N) is 2. The van der Waals surface area contributed by atoms with Crippen molar-refractivity contribution in [2.24, 2.45) is 5.92 Å². The number of ether oxygens (including phenoxy) is 1. The first kappa shape index (κ1) is 20.8. The molecule has 1 saturated heterocycles. The molecule has 1 heterocycles. The summed E-state index contributed by atoms with van der Waals surface area (Å²) in [5.74, 6) is 0.988. The number of likely N-dealkylation sites (tertiary alicyclic amines) is 1. The molecule has 5 nitrogen and oxygen atoms in total. The van der Waals surface area contributed by atoms with Gasteiger partial charge in [-0.15, -0.1) is 0 Å². The molecule has 29 heavy (non-hydrogen) atoms. The third-order valence-corrected chi connectivity index (χ3v) is 7.17. The summed E-state index contributed by atoms with van der Waals surface area (Å²) in [6.45, 7) is 3.25. The SMILES string of the molecule is COCCNC(=O)[C@@H]1C[C@@H](NCC2CCCCC2)CN1C1Cc2ccccc2C1. The number of rotatable bonds is 8. The van der Waals surface area contributed by atoms with Crippen molar-refractivity contribution in [2.75, 3.05) is 33.4 Å². The predicted molar refractivity (Wildman–Crippen MR) is 116 cm³/mol. The van der Waals surface area contributed by atoms with E-state index in [1.807, 2.05) is 0 Å². The average molecular weight is 400 g/mol. The Balaban J connectivity index is 1.38. The third kappa shape index (κ3) is 5.19. The van der Waals surface area contributed by atoms with E-state index >= 15 is 0 Å². The Kier molecular flexibility index (Phi) is 7.22. The Morgan fingerprint density at radius 3 is 2.55 bits per heavy atom. The minimum absolute atomic E-state index is 0.0324. The van der Waals surface area contributed by atoms with Crippen molar-refractivity contribution in [3.63, 3.8) is 0 Å². The molecule has 1 aliphatic heterocycles. The maximum absolute atomic E-state index is 13.0. The molecule has 160 valence electrons. The van der Waals surface area contributed by atoms with Crippen LogP contribution in [0.1, 0.15) is 49.7 Å². The third-order valence-electron chi connectivity index (χ3n) is 7.17. The fourth-order valence-corrected chi connectivity index (χ4v) is 5.56. The zero-order valence-electron chi connectivity index (χ0n) is 17.9. The number of amides is 1. The summed E-state index contributed by atoms with van der Waals surface area (Å²) in [4.78, 5) is 15.5. The number of nitrogens with zero attached hydrogens (tertiary/aromatic N) is 1. The lowest BCUT2D eigenvalue weighted by Crippen LogP contribution is -2.48. The number of methoxy groups -OCH3 is 1.